The minimum Gasteiger partial charge on any atom is -0.362 e. The molecule has 1 N–H and O–H groups in total. The molecule has 19 heavy (non-hydrogen) atoms. The third kappa shape index (κ3) is 3.38. The van der Waals surface area contributed by atoms with E-state index in [1.165, 1.54) is 15.7 Å². The van der Waals surface area contributed by atoms with Crippen molar-refractivity contribution in [1.29, 1.82) is 0 Å². The van der Waals surface area contributed by atoms with Crippen molar-refractivity contribution in [3.63, 3.8) is 0 Å². The van der Waals surface area contributed by atoms with Gasteiger partial charge >= 0.3 is 5.82 Å². The first-order chi connectivity index (χ1) is 8.88. The number of fused-ring (bicyclic) bond motifs is 1. The molecule has 0 aliphatic carbocycles. The maximum Gasteiger partial charge on any atom is 0.372 e. The molecule has 0 saturated heterocycles. The summed E-state index contributed by atoms with van der Waals surface area (Å²) in [6, 6.07) is 0. The Morgan fingerprint density at radius 3 is 2.95 bits per heavy atom. The van der Waals surface area contributed by atoms with Crippen molar-refractivity contribution >= 4 is 39.7 Å². The van der Waals surface area contributed by atoms with Crippen LogP contribution in [-0.4, -0.2) is 31.4 Å². The van der Waals surface area contributed by atoms with Crippen LogP contribution in [0.3, 0.4) is 0 Å². The van der Waals surface area contributed by atoms with E-state index in [9.17, 15) is 10.1 Å². The Bertz CT molecular complexity index is 585. The summed E-state index contributed by atoms with van der Waals surface area (Å²) in [5.74, 6) is 1.25. The fraction of sp³-hybridized carbons (Fsp3) is 0.545. The summed E-state index contributed by atoms with van der Waals surface area (Å²) in [7, 11) is 0. The lowest BCUT2D eigenvalue weighted by Crippen LogP contribution is -2.13. The molecule has 0 saturated carbocycles. The first-order valence-corrected chi connectivity index (χ1v) is 7.73. The largest absolute Gasteiger partial charge is 0.372 e. The number of nitrogens with zero attached hydrogens (tertiary/aromatic N) is 3. The van der Waals surface area contributed by atoms with Gasteiger partial charge in [-0.25, -0.2) is 0 Å². The molecule has 2 aromatic rings. The van der Waals surface area contributed by atoms with Crippen molar-refractivity contribution in [2.75, 3.05) is 17.6 Å². The first-order valence-electron chi connectivity index (χ1n) is 5.86. The van der Waals surface area contributed by atoms with Crippen LogP contribution in [0.15, 0.2) is 11.6 Å². The molecule has 8 heteroatoms. The maximum absolute atomic E-state index is 11.1. The van der Waals surface area contributed by atoms with Crippen molar-refractivity contribution in [2.24, 2.45) is 0 Å². The lowest BCUT2D eigenvalue weighted by molar-refractivity contribution is -0.389. The molecule has 0 bridgehead atoms. The van der Waals surface area contributed by atoms with E-state index in [1.807, 2.05) is 11.8 Å². The fourth-order valence-corrected chi connectivity index (χ4v) is 3.12. The molecule has 0 spiro atoms. The number of hydrogen-bond acceptors (Lipinski definition) is 6. The van der Waals surface area contributed by atoms with E-state index >= 15 is 0 Å². The predicted octanol–water partition coefficient (Wildman–Crippen LogP) is 3.25. The topological polar surface area (TPSA) is 72.5 Å². The zero-order chi connectivity index (χ0) is 14.0. The second-order valence-electron chi connectivity index (χ2n) is 4.98. The normalized spacial score (nSPS) is 11.9. The van der Waals surface area contributed by atoms with Crippen LogP contribution in [0, 0.1) is 10.1 Å². The third-order valence-corrected chi connectivity index (χ3v) is 4.37. The number of hydrogen-bond donors (Lipinski definition) is 1. The number of thioether (sulfide) groups is 1. The SMILES string of the molecule is CC(C)(C)SCCNc1nc2sccn2c1[N+](=O)[O-]. The van der Waals surface area contributed by atoms with Crippen LogP contribution in [0.2, 0.25) is 0 Å². The molecule has 0 unspecified atom stereocenters. The van der Waals surface area contributed by atoms with Gasteiger partial charge in [-0.15, -0.1) is 0 Å². The quantitative estimate of drug-likeness (QED) is 0.521. The first kappa shape index (κ1) is 14.1. The van der Waals surface area contributed by atoms with E-state index in [-0.39, 0.29) is 10.6 Å². The summed E-state index contributed by atoms with van der Waals surface area (Å²) in [5.41, 5.74) is 0. The molecule has 0 fully saturated rings. The molecule has 0 aliphatic heterocycles. The van der Waals surface area contributed by atoms with Crippen LogP contribution >= 0.6 is 23.1 Å². The average Bonchev–Trinajstić information content (AvgIpc) is 2.81. The van der Waals surface area contributed by atoms with Crippen LogP contribution in [0.4, 0.5) is 11.6 Å². The van der Waals surface area contributed by atoms with Crippen molar-refractivity contribution in [3.05, 3.63) is 21.7 Å². The monoisotopic (exact) mass is 300 g/mol. The molecule has 0 atom stereocenters. The highest BCUT2D eigenvalue weighted by Gasteiger charge is 2.23. The van der Waals surface area contributed by atoms with E-state index < -0.39 is 4.92 Å². The van der Waals surface area contributed by atoms with Gasteiger partial charge in [0.15, 0.2) is 0 Å². The number of aromatic nitrogens is 2. The molecular weight excluding hydrogens is 284 g/mol. The smallest absolute Gasteiger partial charge is 0.362 e. The van der Waals surface area contributed by atoms with Crippen molar-refractivity contribution < 1.29 is 4.92 Å². The molecule has 0 aliphatic rings. The standard InChI is InChI=1S/C11H16N4O2S2/c1-11(2,3)19-6-4-12-8-9(15(16)17)14-5-7-18-10(14)13-8/h5,7,12H,4,6H2,1-3H3. The van der Waals surface area contributed by atoms with Gasteiger partial charge in [0.2, 0.25) is 5.82 Å². The average molecular weight is 300 g/mol. The van der Waals surface area contributed by atoms with E-state index in [1.54, 1.807) is 11.6 Å². The van der Waals surface area contributed by atoms with E-state index in [0.29, 0.717) is 17.3 Å². The Labute approximate surface area is 119 Å². The van der Waals surface area contributed by atoms with Crippen molar-refractivity contribution in [3.8, 4) is 0 Å². The van der Waals surface area contributed by atoms with E-state index in [0.717, 1.165) is 5.75 Å². The Hall–Kier alpha value is -1.28. The van der Waals surface area contributed by atoms with Crippen molar-refractivity contribution in [2.45, 2.75) is 25.5 Å². The second-order valence-corrected chi connectivity index (χ2v) is 7.78. The minimum atomic E-state index is -0.397. The Balaban J connectivity index is 2.06. The highest BCUT2D eigenvalue weighted by Crippen LogP contribution is 2.28. The Morgan fingerprint density at radius 2 is 2.32 bits per heavy atom. The van der Waals surface area contributed by atoms with Crippen LogP contribution < -0.4 is 5.32 Å². The molecule has 2 aromatic heterocycles. The highest BCUT2D eigenvalue weighted by atomic mass is 32.2. The molecule has 0 radical (unpaired) electrons. The Morgan fingerprint density at radius 1 is 1.58 bits per heavy atom. The number of rotatable bonds is 5. The summed E-state index contributed by atoms with van der Waals surface area (Å²) >= 11 is 3.20. The number of anilines is 1. The number of nitro groups is 1. The molecule has 6 nitrogen and oxygen atoms in total. The van der Waals surface area contributed by atoms with E-state index in [2.05, 4.69) is 31.1 Å². The zero-order valence-electron chi connectivity index (χ0n) is 11.0. The Kier molecular flexibility index (Phi) is 4.00. The van der Waals surface area contributed by atoms with E-state index in [4.69, 9.17) is 0 Å². The highest BCUT2D eigenvalue weighted by molar-refractivity contribution is 8.00. The molecular formula is C11H16N4O2S2. The van der Waals surface area contributed by atoms with Gasteiger partial charge in [-0.2, -0.15) is 21.1 Å². The number of imidazole rings is 1. The number of thiazole rings is 1. The summed E-state index contributed by atoms with van der Waals surface area (Å²) < 4.78 is 1.70. The van der Waals surface area contributed by atoms with Gasteiger partial charge in [0, 0.05) is 22.4 Å². The molecule has 0 aromatic carbocycles. The van der Waals surface area contributed by atoms with Crippen LogP contribution in [0.5, 0.6) is 0 Å². The second kappa shape index (κ2) is 5.38. The molecule has 104 valence electrons. The summed E-state index contributed by atoms with van der Waals surface area (Å²) in [5, 5.41) is 15.9. The van der Waals surface area contributed by atoms with Gasteiger partial charge in [0.1, 0.15) is 6.20 Å². The lowest BCUT2D eigenvalue weighted by Gasteiger charge is -2.17. The fourth-order valence-electron chi connectivity index (χ4n) is 1.59. The van der Waals surface area contributed by atoms with Gasteiger partial charge in [-0.3, -0.25) is 0 Å². The van der Waals surface area contributed by atoms with Crippen LogP contribution in [0.25, 0.3) is 4.96 Å². The van der Waals surface area contributed by atoms with Crippen molar-refractivity contribution in [1.82, 2.24) is 9.38 Å². The molecule has 2 heterocycles. The maximum atomic E-state index is 11.1. The van der Waals surface area contributed by atoms with Gasteiger partial charge < -0.3 is 15.4 Å². The van der Waals surface area contributed by atoms with Gasteiger partial charge in [0.25, 0.3) is 4.96 Å². The summed E-state index contributed by atoms with van der Waals surface area (Å²) in [6.07, 6.45) is 1.67. The minimum absolute atomic E-state index is 0.0111. The predicted molar refractivity (Wildman–Crippen MR) is 80.4 cm³/mol. The number of nitrogens with one attached hydrogen (secondary N) is 1. The van der Waals surface area contributed by atoms with Gasteiger partial charge in [-0.1, -0.05) is 32.1 Å². The molecule has 0 amide bonds. The summed E-state index contributed by atoms with van der Waals surface area (Å²) in [4.78, 5) is 15.6. The lowest BCUT2D eigenvalue weighted by atomic mass is 10.3. The van der Waals surface area contributed by atoms with Crippen LogP contribution in [-0.2, 0) is 0 Å². The zero-order valence-corrected chi connectivity index (χ0v) is 12.7. The van der Waals surface area contributed by atoms with Gasteiger partial charge in [0.05, 0.1) is 0 Å². The summed E-state index contributed by atoms with van der Waals surface area (Å²) in [6.45, 7) is 7.10. The van der Waals surface area contributed by atoms with Gasteiger partial charge in [-0.05, 0) is 4.92 Å². The molecule has 2 rings (SSSR count). The third-order valence-electron chi connectivity index (χ3n) is 2.34. The van der Waals surface area contributed by atoms with Crippen LogP contribution in [0.1, 0.15) is 20.8 Å².